The Bertz CT molecular complexity index is 952. The van der Waals surface area contributed by atoms with Crippen LogP contribution in [0.5, 0.6) is 0 Å². The average Bonchev–Trinajstić information content (AvgIpc) is 2.65. The molecule has 1 heterocycles. The van der Waals surface area contributed by atoms with Gasteiger partial charge >= 0.3 is 5.97 Å². The van der Waals surface area contributed by atoms with Gasteiger partial charge in [0.1, 0.15) is 0 Å². The molecule has 0 aliphatic carbocycles. The van der Waals surface area contributed by atoms with Crippen LogP contribution in [0, 0.1) is 0 Å². The molecule has 2 N–H and O–H groups in total. The molecular weight excluding hydrogens is 377 g/mol. The summed E-state index contributed by atoms with van der Waals surface area (Å²) in [6.45, 7) is 0. The lowest BCUT2D eigenvalue weighted by Gasteiger charge is -2.10. The van der Waals surface area contributed by atoms with Crippen LogP contribution in [0.25, 0.3) is 0 Å². The van der Waals surface area contributed by atoms with Crippen molar-refractivity contribution in [3.63, 3.8) is 0 Å². The van der Waals surface area contributed by atoms with Gasteiger partial charge < -0.3 is 15.4 Å². The molecule has 3 aromatic rings. The topological polar surface area (TPSA) is 89.0 Å². The lowest BCUT2D eigenvalue weighted by molar-refractivity contribution is 0.0601. The average molecular weight is 390 g/mol. The fourth-order valence-electron chi connectivity index (χ4n) is 2.13. The van der Waals surface area contributed by atoms with E-state index in [1.807, 2.05) is 0 Å². The van der Waals surface area contributed by atoms with E-state index in [0.717, 1.165) is 0 Å². The quantitative estimate of drug-likeness (QED) is 0.622. The summed E-state index contributed by atoms with van der Waals surface area (Å²) in [4.78, 5) is 15.9. The first kappa shape index (κ1) is 17.9. The number of carbonyl (C=O) groups is 1. The summed E-state index contributed by atoms with van der Waals surface area (Å²) in [6, 6.07) is 12.0. The largest absolute Gasteiger partial charge is 0.465 e. The second-order valence-electron chi connectivity index (χ2n) is 5.09. The molecule has 0 bridgehead atoms. The molecule has 0 spiro atoms. The first-order valence-corrected chi connectivity index (χ1v) is 8.18. The van der Waals surface area contributed by atoms with E-state index >= 15 is 0 Å². The highest BCUT2D eigenvalue weighted by atomic mass is 35.5. The molecule has 1 aromatic heterocycles. The zero-order valence-corrected chi connectivity index (χ0v) is 15.0. The number of anilines is 4. The molecule has 3 rings (SSSR count). The van der Waals surface area contributed by atoms with Crippen LogP contribution >= 0.6 is 23.2 Å². The number of hydrogen-bond acceptors (Lipinski definition) is 7. The summed E-state index contributed by atoms with van der Waals surface area (Å²) in [5, 5.41) is 14.6. The number of nitrogens with zero attached hydrogens (tertiary/aromatic N) is 3. The standard InChI is InChI=1S/C17H13Cl2N5O2/c1-26-16(25)10-4-2-5-11(8-10)21-17-23-14(9-20-24-17)22-13-7-3-6-12(18)15(13)19/h2-9H,1H3,(H2,21,22,23,24). The number of carbonyl (C=O) groups excluding carboxylic acids is 1. The monoisotopic (exact) mass is 389 g/mol. The van der Waals surface area contributed by atoms with Crippen LogP contribution < -0.4 is 10.6 Å². The third kappa shape index (κ3) is 4.19. The van der Waals surface area contributed by atoms with Crippen LogP contribution in [-0.4, -0.2) is 28.3 Å². The van der Waals surface area contributed by atoms with Crippen molar-refractivity contribution in [3.05, 3.63) is 64.3 Å². The predicted molar refractivity (Wildman–Crippen MR) is 101 cm³/mol. The zero-order valence-electron chi connectivity index (χ0n) is 13.5. The minimum Gasteiger partial charge on any atom is -0.465 e. The highest BCUT2D eigenvalue weighted by molar-refractivity contribution is 6.43. The molecule has 0 aliphatic rings. The maximum absolute atomic E-state index is 11.6. The van der Waals surface area contributed by atoms with Gasteiger partial charge in [-0.15, -0.1) is 5.10 Å². The molecule has 0 fully saturated rings. The summed E-state index contributed by atoms with van der Waals surface area (Å²) in [5.74, 6) is 0.240. The fourth-order valence-corrected chi connectivity index (χ4v) is 2.47. The van der Waals surface area contributed by atoms with Crippen LogP contribution in [0.1, 0.15) is 10.4 Å². The summed E-state index contributed by atoms with van der Waals surface area (Å²) in [7, 11) is 1.32. The third-order valence-corrected chi connectivity index (χ3v) is 4.13. The van der Waals surface area contributed by atoms with Crippen molar-refractivity contribution < 1.29 is 9.53 Å². The van der Waals surface area contributed by atoms with Gasteiger partial charge in [-0.1, -0.05) is 35.3 Å². The number of benzene rings is 2. The molecule has 0 saturated carbocycles. The van der Waals surface area contributed by atoms with Gasteiger partial charge in [-0.3, -0.25) is 0 Å². The fraction of sp³-hybridized carbons (Fsp3) is 0.0588. The minimum atomic E-state index is -0.432. The van der Waals surface area contributed by atoms with E-state index in [2.05, 4.69) is 25.8 Å². The van der Waals surface area contributed by atoms with E-state index in [1.54, 1.807) is 42.5 Å². The predicted octanol–water partition coefficient (Wildman–Crippen LogP) is 4.45. The van der Waals surface area contributed by atoms with E-state index in [0.29, 0.717) is 32.8 Å². The number of esters is 1. The molecule has 132 valence electrons. The summed E-state index contributed by atoms with van der Waals surface area (Å²) >= 11 is 12.2. The second kappa shape index (κ2) is 7.99. The highest BCUT2D eigenvalue weighted by Crippen LogP contribution is 2.31. The van der Waals surface area contributed by atoms with Gasteiger partial charge in [-0.05, 0) is 30.3 Å². The lowest BCUT2D eigenvalue weighted by Crippen LogP contribution is -2.04. The van der Waals surface area contributed by atoms with Crippen molar-refractivity contribution in [2.24, 2.45) is 0 Å². The second-order valence-corrected chi connectivity index (χ2v) is 5.87. The van der Waals surface area contributed by atoms with Crippen molar-refractivity contribution in [2.75, 3.05) is 17.7 Å². The van der Waals surface area contributed by atoms with Crippen LogP contribution in [0.4, 0.5) is 23.1 Å². The lowest BCUT2D eigenvalue weighted by atomic mass is 10.2. The molecule has 2 aromatic carbocycles. The van der Waals surface area contributed by atoms with Crippen LogP contribution in [0.2, 0.25) is 10.0 Å². The number of hydrogen-bond donors (Lipinski definition) is 2. The van der Waals surface area contributed by atoms with Gasteiger partial charge in [0.2, 0.25) is 5.95 Å². The van der Waals surface area contributed by atoms with Crippen LogP contribution in [-0.2, 0) is 4.74 Å². The Labute approximate surface area is 159 Å². The van der Waals surface area contributed by atoms with Crippen molar-refractivity contribution in [1.29, 1.82) is 0 Å². The Balaban J connectivity index is 1.80. The molecule has 7 nitrogen and oxygen atoms in total. The Morgan fingerprint density at radius 3 is 2.73 bits per heavy atom. The van der Waals surface area contributed by atoms with Gasteiger partial charge in [0.25, 0.3) is 0 Å². The van der Waals surface area contributed by atoms with Gasteiger partial charge in [0, 0.05) is 5.69 Å². The molecular formula is C17H13Cl2N5O2. The van der Waals surface area contributed by atoms with Gasteiger partial charge in [0.05, 0.1) is 34.6 Å². The molecule has 0 saturated heterocycles. The number of halogens is 2. The number of ether oxygens (including phenoxy) is 1. The molecule has 26 heavy (non-hydrogen) atoms. The van der Waals surface area contributed by atoms with Gasteiger partial charge in [-0.2, -0.15) is 10.1 Å². The van der Waals surface area contributed by atoms with Crippen LogP contribution in [0.3, 0.4) is 0 Å². The Morgan fingerprint density at radius 1 is 1.12 bits per heavy atom. The van der Waals surface area contributed by atoms with E-state index in [9.17, 15) is 4.79 Å². The molecule has 0 unspecified atom stereocenters. The third-order valence-electron chi connectivity index (χ3n) is 3.31. The Morgan fingerprint density at radius 2 is 1.92 bits per heavy atom. The van der Waals surface area contributed by atoms with E-state index < -0.39 is 5.97 Å². The zero-order chi connectivity index (χ0) is 18.5. The van der Waals surface area contributed by atoms with E-state index in [1.165, 1.54) is 13.3 Å². The molecule has 9 heteroatoms. The number of nitrogens with one attached hydrogen (secondary N) is 2. The Kier molecular flexibility index (Phi) is 5.50. The number of rotatable bonds is 5. The first-order valence-electron chi connectivity index (χ1n) is 7.43. The van der Waals surface area contributed by atoms with Crippen molar-refractivity contribution in [3.8, 4) is 0 Å². The molecule has 0 radical (unpaired) electrons. The molecule has 0 atom stereocenters. The highest BCUT2D eigenvalue weighted by Gasteiger charge is 2.09. The van der Waals surface area contributed by atoms with Gasteiger partial charge in [0.15, 0.2) is 5.82 Å². The minimum absolute atomic E-state index is 0.246. The van der Waals surface area contributed by atoms with E-state index in [4.69, 9.17) is 27.9 Å². The van der Waals surface area contributed by atoms with Crippen molar-refractivity contribution in [1.82, 2.24) is 15.2 Å². The summed E-state index contributed by atoms with van der Waals surface area (Å²) in [5.41, 5.74) is 1.62. The van der Waals surface area contributed by atoms with Crippen molar-refractivity contribution >= 4 is 52.3 Å². The summed E-state index contributed by atoms with van der Waals surface area (Å²) in [6.07, 6.45) is 1.45. The maximum Gasteiger partial charge on any atom is 0.337 e. The SMILES string of the molecule is COC(=O)c1cccc(Nc2nncc(Nc3cccc(Cl)c3Cl)n2)c1. The van der Waals surface area contributed by atoms with Gasteiger partial charge in [-0.25, -0.2) is 4.79 Å². The van der Waals surface area contributed by atoms with Crippen molar-refractivity contribution in [2.45, 2.75) is 0 Å². The number of aromatic nitrogens is 3. The smallest absolute Gasteiger partial charge is 0.337 e. The first-order chi connectivity index (χ1) is 12.6. The Hall–Kier alpha value is -2.90. The molecule has 0 amide bonds. The number of methoxy groups -OCH3 is 1. The molecule has 0 aliphatic heterocycles. The van der Waals surface area contributed by atoms with Crippen LogP contribution in [0.15, 0.2) is 48.7 Å². The normalized spacial score (nSPS) is 10.3. The maximum atomic E-state index is 11.6. The summed E-state index contributed by atoms with van der Waals surface area (Å²) < 4.78 is 4.70. The van der Waals surface area contributed by atoms with E-state index in [-0.39, 0.29) is 5.95 Å².